The molecule has 0 aromatic heterocycles. The summed E-state index contributed by atoms with van der Waals surface area (Å²) < 4.78 is 5.97. The second-order valence-electron chi connectivity index (χ2n) is 4.89. The van der Waals surface area contributed by atoms with Gasteiger partial charge in [0.2, 0.25) is 0 Å². The molecule has 1 aromatic rings. The number of ether oxygens (including phenoxy) is 1. The second-order valence-corrected chi connectivity index (χ2v) is 5.30. The summed E-state index contributed by atoms with van der Waals surface area (Å²) in [6.45, 7) is 9.06. The van der Waals surface area contributed by atoms with E-state index in [1.165, 1.54) is 0 Å². The predicted octanol–water partition coefficient (Wildman–Crippen LogP) is 3.88. The SMILES string of the molecule is CCCNCC(OCc1ccccc1Cl)C(C)C. The molecule has 0 radical (unpaired) electrons. The largest absolute Gasteiger partial charge is 0.372 e. The van der Waals surface area contributed by atoms with Crippen LogP contribution >= 0.6 is 11.6 Å². The normalized spacial score (nSPS) is 12.9. The van der Waals surface area contributed by atoms with Crippen LogP contribution in [0, 0.1) is 5.92 Å². The molecule has 0 aliphatic heterocycles. The van der Waals surface area contributed by atoms with Crippen LogP contribution < -0.4 is 5.32 Å². The molecule has 3 heteroatoms. The smallest absolute Gasteiger partial charge is 0.0735 e. The van der Waals surface area contributed by atoms with Gasteiger partial charge >= 0.3 is 0 Å². The lowest BCUT2D eigenvalue weighted by Crippen LogP contribution is -2.33. The standard InChI is InChI=1S/C15H24ClNO/c1-4-9-17-10-15(12(2)3)18-11-13-7-5-6-8-14(13)16/h5-8,12,15,17H,4,9-11H2,1-3H3. The van der Waals surface area contributed by atoms with Crippen LogP contribution in [0.5, 0.6) is 0 Å². The van der Waals surface area contributed by atoms with E-state index >= 15 is 0 Å². The van der Waals surface area contributed by atoms with E-state index in [9.17, 15) is 0 Å². The maximum atomic E-state index is 6.12. The third-order valence-electron chi connectivity index (χ3n) is 2.93. The van der Waals surface area contributed by atoms with Crippen LogP contribution in [-0.2, 0) is 11.3 Å². The molecule has 0 bridgehead atoms. The summed E-state index contributed by atoms with van der Waals surface area (Å²) in [7, 11) is 0. The van der Waals surface area contributed by atoms with Crippen LogP contribution in [-0.4, -0.2) is 19.2 Å². The quantitative estimate of drug-likeness (QED) is 0.723. The molecule has 1 atom stereocenters. The summed E-state index contributed by atoms with van der Waals surface area (Å²) in [6.07, 6.45) is 1.38. The first-order valence-electron chi connectivity index (χ1n) is 6.70. The number of benzene rings is 1. The van der Waals surface area contributed by atoms with Gasteiger partial charge in [0.25, 0.3) is 0 Å². The van der Waals surface area contributed by atoms with Crippen molar-refractivity contribution in [2.75, 3.05) is 13.1 Å². The van der Waals surface area contributed by atoms with Crippen LogP contribution in [0.1, 0.15) is 32.8 Å². The van der Waals surface area contributed by atoms with Crippen LogP contribution in [0.15, 0.2) is 24.3 Å². The minimum Gasteiger partial charge on any atom is -0.372 e. The molecule has 18 heavy (non-hydrogen) atoms. The van der Waals surface area contributed by atoms with Gasteiger partial charge in [0, 0.05) is 11.6 Å². The summed E-state index contributed by atoms with van der Waals surface area (Å²) in [5, 5.41) is 4.19. The van der Waals surface area contributed by atoms with Crippen molar-refractivity contribution in [3.05, 3.63) is 34.9 Å². The van der Waals surface area contributed by atoms with Gasteiger partial charge in [-0.2, -0.15) is 0 Å². The number of rotatable bonds is 8. The highest BCUT2D eigenvalue weighted by Gasteiger charge is 2.14. The summed E-state index contributed by atoms with van der Waals surface area (Å²) in [4.78, 5) is 0. The molecule has 102 valence electrons. The molecule has 1 aromatic carbocycles. The number of hydrogen-bond acceptors (Lipinski definition) is 2. The van der Waals surface area contributed by atoms with Crippen LogP contribution in [0.25, 0.3) is 0 Å². The van der Waals surface area contributed by atoms with Gasteiger partial charge in [0.1, 0.15) is 0 Å². The predicted molar refractivity (Wildman–Crippen MR) is 78.0 cm³/mol. The topological polar surface area (TPSA) is 21.3 Å². The number of nitrogens with one attached hydrogen (secondary N) is 1. The highest BCUT2D eigenvalue weighted by atomic mass is 35.5. The minimum atomic E-state index is 0.229. The molecule has 0 saturated carbocycles. The fraction of sp³-hybridized carbons (Fsp3) is 0.600. The third kappa shape index (κ3) is 5.38. The van der Waals surface area contributed by atoms with Crippen molar-refractivity contribution in [2.45, 2.75) is 39.9 Å². The lowest BCUT2D eigenvalue weighted by atomic mass is 10.1. The Morgan fingerprint density at radius 3 is 2.61 bits per heavy atom. The fourth-order valence-electron chi connectivity index (χ4n) is 1.72. The van der Waals surface area contributed by atoms with Gasteiger partial charge in [0.05, 0.1) is 12.7 Å². The molecule has 0 amide bonds. The van der Waals surface area contributed by atoms with Crippen molar-refractivity contribution >= 4 is 11.6 Å². The monoisotopic (exact) mass is 269 g/mol. The minimum absolute atomic E-state index is 0.229. The van der Waals surface area contributed by atoms with Gasteiger partial charge in [-0.1, -0.05) is 50.6 Å². The Labute approximate surface area is 116 Å². The average molecular weight is 270 g/mol. The fourth-order valence-corrected chi connectivity index (χ4v) is 1.91. The van der Waals surface area contributed by atoms with Crippen molar-refractivity contribution in [1.82, 2.24) is 5.32 Å². The Balaban J connectivity index is 2.44. The first kappa shape index (κ1) is 15.5. The van der Waals surface area contributed by atoms with E-state index in [4.69, 9.17) is 16.3 Å². The Kier molecular flexibility index (Phi) is 7.33. The van der Waals surface area contributed by atoms with Gasteiger partial charge in [-0.3, -0.25) is 0 Å². The molecule has 0 aliphatic carbocycles. The van der Waals surface area contributed by atoms with E-state index in [1.54, 1.807) is 0 Å². The molecule has 0 heterocycles. The van der Waals surface area contributed by atoms with E-state index < -0.39 is 0 Å². The Bertz CT molecular complexity index is 341. The number of hydrogen-bond donors (Lipinski definition) is 1. The van der Waals surface area contributed by atoms with E-state index in [0.717, 1.165) is 30.1 Å². The molecule has 0 fully saturated rings. The summed E-state index contributed by atoms with van der Waals surface area (Å²) in [5.74, 6) is 0.497. The maximum absolute atomic E-state index is 6.12. The van der Waals surface area contributed by atoms with Crippen LogP contribution in [0.3, 0.4) is 0 Å². The Morgan fingerprint density at radius 2 is 2.00 bits per heavy atom. The zero-order valence-electron chi connectivity index (χ0n) is 11.6. The lowest BCUT2D eigenvalue weighted by molar-refractivity contribution is 0.0115. The van der Waals surface area contributed by atoms with Gasteiger partial charge in [-0.15, -0.1) is 0 Å². The summed E-state index contributed by atoms with van der Waals surface area (Å²) in [6, 6.07) is 7.85. The van der Waals surface area contributed by atoms with Crippen LogP contribution in [0.4, 0.5) is 0 Å². The molecule has 1 unspecified atom stereocenters. The average Bonchev–Trinajstić information content (AvgIpc) is 2.35. The molecule has 0 saturated heterocycles. The molecular weight excluding hydrogens is 246 g/mol. The lowest BCUT2D eigenvalue weighted by Gasteiger charge is -2.22. The van der Waals surface area contributed by atoms with E-state index in [2.05, 4.69) is 26.1 Å². The van der Waals surface area contributed by atoms with E-state index in [-0.39, 0.29) is 6.10 Å². The molecule has 2 nitrogen and oxygen atoms in total. The van der Waals surface area contributed by atoms with Gasteiger partial charge in [0.15, 0.2) is 0 Å². The zero-order valence-corrected chi connectivity index (χ0v) is 12.3. The maximum Gasteiger partial charge on any atom is 0.0735 e. The van der Waals surface area contributed by atoms with Gasteiger partial charge in [-0.25, -0.2) is 0 Å². The first-order valence-corrected chi connectivity index (χ1v) is 7.08. The molecule has 0 spiro atoms. The highest BCUT2D eigenvalue weighted by Crippen LogP contribution is 2.17. The van der Waals surface area contributed by atoms with Crippen molar-refractivity contribution in [3.63, 3.8) is 0 Å². The van der Waals surface area contributed by atoms with Crippen LogP contribution in [0.2, 0.25) is 5.02 Å². The first-order chi connectivity index (χ1) is 8.65. The van der Waals surface area contributed by atoms with Crippen molar-refractivity contribution < 1.29 is 4.74 Å². The van der Waals surface area contributed by atoms with E-state index in [0.29, 0.717) is 12.5 Å². The Hall–Kier alpha value is -0.570. The van der Waals surface area contributed by atoms with Gasteiger partial charge < -0.3 is 10.1 Å². The van der Waals surface area contributed by atoms with E-state index in [1.807, 2.05) is 24.3 Å². The van der Waals surface area contributed by atoms with Gasteiger partial charge in [-0.05, 0) is 30.5 Å². The summed E-state index contributed by atoms with van der Waals surface area (Å²) >= 11 is 6.12. The second kappa shape index (κ2) is 8.52. The zero-order chi connectivity index (χ0) is 13.4. The molecule has 0 aliphatic rings. The van der Waals surface area contributed by atoms with Crippen molar-refractivity contribution in [3.8, 4) is 0 Å². The van der Waals surface area contributed by atoms with Crippen molar-refractivity contribution in [2.24, 2.45) is 5.92 Å². The Morgan fingerprint density at radius 1 is 1.28 bits per heavy atom. The number of halogens is 1. The molecular formula is C15H24ClNO. The van der Waals surface area contributed by atoms with Crippen molar-refractivity contribution in [1.29, 1.82) is 0 Å². The molecule has 1 rings (SSSR count). The highest BCUT2D eigenvalue weighted by molar-refractivity contribution is 6.31. The third-order valence-corrected chi connectivity index (χ3v) is 3.30. The summed E-state index contributed by atoms with van der Waals surface area (Å²) in [5.41, 5.74) is 1.06. The molecule has 1 N–H and O–H groups in total.